The van der Waals surface area contributed by atoms with Crippen molar-refractivity contribution in [2.75, 3.05) is 21.3 Å². The summed E-state index contributed by atoms with van der Waals surface area (Å²) < 4.78 is 0. The van der Waals surface area contributed by atoms with Crippen LogP contribution in [-0.4, -0.2) is 36.2 Å². The summed E-state index contributed by atoms with van der Waals surface area (Å²) in [4.78, 5) is 28.9. The first-order valence-corrected chi connectivity index (χ1v) is 9.80. The van der Waals surface area contributed by atoms with Gasteiger partial charge in [-0.05, 0) is 44.5 Å². The fourth-order valence-electron chi connectivity index (χ4n) is 2.97. The highest BCUT2D eigenvalue weighted by Gasteiger charge is 2.08. The lowest BCUT2D eigenvalue weighted by Gasteiger charge is -2.13. The van der Waals surface area contributed by atoms with E-state index < -0.39 is 0 Å². The molecule has 0 unspecified atom stereocenters. The number of aromatic amines is 1. The molecule has 0 aliphatic carbocycles. The molecule has 4 rings (SSSR count). The highest BCUT2D eigenvalue weighted by atomic mass is 16.2. The van der Waals surface area contributed by atoms with Gasteiger partial charge in [-0.15, -0.1) is 0 Å². The zero-order valence-corrected chi connectivity index (χ0v) is 17.8. The van der Waals surface area contributed by atoms with E-state index in [1.165, 1.54) is 18.7 Å². The molecule has 0 fully saturated rings. The van der Waals surface area contributed by atoms with Gasteiger partial charge in [0.25, 0.3) is 0 Å². The Kier molecular flexibility index (Phi) is 5.88. The van der Waals surface area contributed by atoms with Gasteiger partial charge >= 0.3 is 6.03 Å². The minimum Gasteiger partial charge on any atom is -0.325 e. The topological polar surface area (TPSA) is 145 Å². The molecule has 3 heterocycles. The van der Waals surface area contributed by atoms with Crippen LogP contribution in [0.15, 0.2) is 49.1 Å². The number of nitrogens with zero attached hydrogens (tertiary/aromatic N) is 5. The lowest BCUT2D eigenvalue weighted by Crippen LogP contribution is -2.19. The second kappa shape index (κ2) is 9.08. The minimum absolute atomic E-state index is 0.383. The van der Waals surface area contributed by atoms with Gasteiger partial charge in [0.2, 0.25) is 5.95 Å². The Balaban J connectivity index is 1.44. The fourth-order valence-corrected chi connectivity index (χ4v) is 2.97. The lowest BCUT2D eigenvalue weighted by molar-refractivity contribution is 0.262. The largest absolute Gasteiger partial charge is 0.325 e. The number of benzene rings is 1. The second-order valence-electron chi connectivity index (χ2n) is 7.13. The monoisotopic (exact) mass is 430 g/mol. The molecule has 11 nitrogen and oxygen atoms in total. The third kappa shape index (κ3) is 5.33. The van der Waals surface area contributed by atoms with E-state index in [1.54, 1.807) is 6.07 Å². The van der Waals surface area contributed by atoms with Crippen molar-refractivity contribution in [3.05, 3.63) is 66.0 Å². The van der Waals surface area contributed by atoms with Gasteiger partial charge in [0, 0.05) is 29.2 Å². The van der Waals surface area contributed by atoms with E-state index in [2.05, 4.69) is 51.4 Å². The van der Waals surface area contributed by atoms with Gasteiger partial charge in [-0.3, -0.25) is 5.10 Å². The van der Waals surface area contributed by atoms with Crippen molar-refractivity contribution in [1.29, 1.82) is 0 Å². The fraction of sp³-hybridized carbons (Fsp3) is 0.143. The Hall–Kier alpha value is -4.54. The van der Waals surface area contributed by atoms with Crippen molar-refractivity contribution in [3.8, 4) is 0 Å². The molecule has 0 aliphatic rings. The highest BCUT2D eigenvalue weighted by Crippen LogP contribution is 2.24. The molecule has 11 heteroatoms. The highest BCUT2D eigenvalue weighted by molar-refractivity contribution is 5.99. The molecule has 2 amide bonds. The summed E-state index contributed by atoms with van der Waals surface area (Å²) in [5.41, 5.74) is 4.57. The van der Waals surface area contributed by atoms with Crippen LogP contribution in [0.3, 0.4) is 0 Å². The Morgan fingerprint density at radius 2 is 1.66 bits per heavy atom. The molecule has 0 saturated carbocycles. The average molecular weight is 430 g/mol. The van der Waals surface area contributed by atoms with E-state index in [4.69, 9.17) is 0 Å². The van der Waals surface area contributed by atoms with E-state index in [-0.39, 0.29) is 6.03 Å². The van der Waals surface area contributed by atoms with Crippen LogP contribution < -0.4 is 21.3 Å². The predicted octanol–water partition coefficient (Wildman–Crippen LogP) is 4.05. The van der Waals surface area contributed by atoms with Gasteiger partial charge in [-0.1, -0.05) is 0 Å². The van der Waals surface area contributed by atoms with E-state index in [1.807, 2.05) is 45.0 Å². The van der Waals surface area contributed by atoms with Crippen LogP contribution in [-0.2, 0) is 0 Å². The van der Waals surface area contributed by atoms with E-state index in [0.29, 0.717) is 23.1 Å². The molecule has 4 aromatic rings. The van der Waals surface area contributed by atoms with E-state index >= 15 is 0 Å². The number of H-pyrrole nitrogens is 1. The standard InChI is InChI=1S/C21H22N10O/c1-12-6-15(25-21(32)26-16-9-22-11-23-10-16)4-5-17(12)27-20-24-13(2)7-18(29-20)28-19-8-14(3)30-31-19/h4-11H,1-3H3,(H2,25,26,32)(H3,24,27,28,29,30,31). The first-order valence-electron chi connectivity index (χ1n) is 9.80. The minimum atomic E-state index is -0.383. The third-order valence-electron chi connectivity index (χ3n) is 4.37. The van der Waals surface area contributed by atoms with Gasteiger partial charge in [-0.25, -0.2) is 19.7 Å². The molecule has 32 heavy (non-hydrogen) atoms. The van der Waals surface area contributed by atoms with Gasteiger partial charge in [0.05, 0.1) is 23.8 Å². The van der Waals surface area contributed by atoms with Gasteiger partial charge in [-0.2, -0.15) is 10.1 Å². The summed E-state index contributed by atoms with van der Waals surface area (Å²) in [7, 11) is 0. The number of urea groups is 1. The molecule has 0 saturated heterocycles. The van der Waals surface area contributed by atoms with Crippen LogP contribution in [0.4, 0.5) is 39.4 Å². The number of hydrogen-bond donors (Lipinski definition) is 5. The number of amides is 2. The molecule has 5 N–H and O–H groups in total. The molecule has 0 bridgehead atoms. The van der Waals surface area contributed by atoms with Gasteiger partial charge in [0.1, 0.15) is 18.0 Å². The molecule has 3 aromatic heterocycles. The molecular weight excluding hydrogens is 408 g/mol. The summed E-state index contributed by atoms with van der Waals surface area (Å²) in [6.45, 7) is 5.73. The quantitative estimate of drug-likeness (QED) is 0.308. The molecule has 1 aromatic carbocycles. The van der Waals surface area contributed by atoms with Crippen molar-refractivity contribution >= 4 is 40.7 Å². The van der Waals surface area contributed by atoms with Crippen LogP contribution in [0.25, 0.3) is 0 Å². The normalized spacial score (nSPS) is 10.5. The van der Waals surface area contributed by atoms with Crippen molar-refractivity contribution < 1.29 is 4.79 Å². The number of hydrogen-bond acceptors (Lipinski definition) is 8. The Morgan fingerprint density at radius 3 is 2.38 bits per heavy atom. The number of aryl methyl sites for hydroxylation is 3. The van der Waals surface area contributed by atoms with Crippen molar-refractivity contribution in [3.63, 3.8) is 0 Å². The molecular formula is C21H22N10O. The Bertz CT molecular complexity index is 1240. The van der Waals surface area contributed by atoms with Crippen molar-refractivity contribution in [2.45, 2.75) is 20.8 Å². The summed E-state index contributed by atoms with van der Waals surface area (Å²) in [6.07, 6.45) is 4.43. The van der Waals surface area contributed by atoms with E-state index in [9.17, 15) is 4.79 Å². The number of nitrogens with one attached hydrogen (secondary N) is 5. The first kappa shape index (κ1) is 20.7. The molecule has 0 spiro atoms. The number of carbonyl (C=O) groups excluding carboxylic acids is 1. The zero-order chi connectivity index (χ0) is 22.5. The molecule has 0 aliphatic heterocycles. The zero-order valence-electron chi connectivity index (χ0n) is 17.8. The van der Waals surface area contributed by atoms with Crippen LogP contribution in [0, 0.1) is 20.8 Å². The summed E-state index contributed by atoms with van der Waals surface area (Å²) in [5, 5.41) is 18.9. The maximum Gasteiger partial charge on any atom is 0.323 e. The van der Waals surface area contributed by atoms with Crippen LogP contribution in [0.1, 0.15) is 17.0 Å². The van der Waals surface area contributed by atoms with Gasteiger partial charge in [0.15, 0.2) is 0 Å². The number of anilines is 6. The van der Waals surface area contributed by atoms with Crippen LogP contribution >= 0.6 is 0 Å². The molecule has 0 radical (unpaired) electrons. The predicted molar refractivity (Wildman–Crippen MR) is 123 cm³/mol. The van der Waals surface area contributed by atoms with E-state index in [0.717, 1.165) is 28.5 Å². The summed E-state index contributed by atoms with van der Waals surface area (Å²) in [6, 6.07) is 8.85. The Labute approximate surface area is 184 Å². The summed E-state index contributed by atoms with van der Waals surface area (Å²) in [5.74, 6) is 1.84. The van der Waals surface area contributed by atoms with Crippen molar-refractivity contribution in [1.82, 2.24) is 30.1 Å². The lowest BCUT2D eigenvalue weighted by atomic mass is 10.2. The van der Waals surface area contributed by atoms with Gasteiger partial charge < -0.3 is 21.3 Å². The first-order chi connectivity index (χ1) is 15.4. The third-order valence-corrected chi connectivity index (χ3v) is 4.37. The molecule has 0 atom stereocenters. The SMILES string of the molecule is Cc1cc(Nc2cc(C)nc(Nc3ccc(NC(=O)Nc4cncnc4)cc3C)n2)[nH]n1. The average Bonchev–Trinajstić information content (AvgIpc) is 3.15. The number of rotatable bonds is 6. The smallest absolute Gasteiger partial charge is 0.323 e. The van der Waals surface area contributed by atoms with Crippen LogP contribution in [0.5, 0.6) is 0 Å². The number of aromatic nitrogens is 6. The maximum atomic E-state index is 12.2. The molecule has 162 valence electrons. The number of carbonyl (C=O) groups is 1. The second-order valence-corrected chi connectivity index (χ2v) is 7.13. The van der Waals surface area contributed by atoms with Crippen LogP contribution in [0.2, 0.25) is 0 Å². The summed E-state index contributed by atoms with van der Waals surface area (Å²) >= 11 is 0. The van der Waals surface area contributed by atoms with Crippen molar-refractivity contribution in [2.24, 2.45) is 0 Å². The maximum absolute atomic E-state index is 12.2. The Morgan fingerprint density at radius 1 is 0.875 bits per heavy atom.